The Morgan fingerprint density at radius 2 is 2.11 bits per heavy atom. The summed E-state index contributed by atoms with van der Waals surface area (Å²) < 4.78 is 0. The molecular weight excluding hydrogens is 270 g/mol. The van der Waals surface area contributed by atoms with E-state index in [9.17, 15) is 14.4 Å². The number of thiazole rings is 1. The second-order valence-corrected chi connectivity index (χ2v) is 5.30. The summed E-state index contributed by atoms with van der Waals surface area (Å²) in [5.74, 6) is -1.73. The zero-order chi connectivity index (χ0) is 14.5. The number of urea groups is 1. The monoisotopic (exact) mass is 285 g/mol. The van der Waals surface area contributed by atoms with Crippen LogP contribution in [-0.2, 0) is 16.1 Å². The highest BCUT2D eigenvalue weighted by Crippen LogP contribution is 2.19. The third-order valence-electron chi connectivity index (χ3n) is 2.35. The molecule has 0 atom stereocenters. The van der Waals surface area contributed by atoms with Crippen LogP contribution >= 0.6 is 11.3 Å². The maximum absolute atomic E-state index is 11.5. The van der Waals surface area contributed by atoms with E-state index in [1.54, 1.807) is 10.9 Å². The third kappa shape index (κ3) is 5.04. The van der Waals surface area contributed by atoms with Crippen LogP contribution in [0.25, 0.3) is 0 Å². The van der Waals surface area contributed by atoms with Gasteiger partial charge in [-0.05, 0) is 13.8 Å². The first-order valence-corrected chi connectivity index (χ1v) is 6.43. The summed E-state index contributed by atoms with van der Waals surface area (Å²) in [4.78, 5) is 37.7. The molecule has 8 heteroatoms. The molecule has 0 bridgehead atoms. The van der Waals surface area contributed by atoms with Crippen LogP contribution in [0.15, 0.2) is 10.9 Å². The van der Waals surface area contributed by atoms with Crippen molar-refractivity contribution in [2.45, 2.75) is 26.8 Å². The summed E-state index contributed by atoms with van der Waals surface area (Å²) in [7, 11) is 0. The molecule has 0 fully saturated rings. The molecule has 3 N–H and O–H groups in total. The van der Waals surface area contributed by atoms with Crippen LogP contribution in [0.5, 0.6) is 0 Å². The molecule has 1 heterocycles. The largest absolute Gasteiger partial charge is 0.481 e. The standard InChI is InChI=1S/C11H15N3O4S/c1-11(2,9(16)17)3-8(15)14-10(18)12-4-7-5-19-6-13-7/h5-6H,3-4H2,1-2H3,(H,16,17)(H2,12,14,15,18). The van der Waals surface area contributed by atoms with Gasteiger partial charge < -0.3 is 10.4 Å². The van der Waals surface area contributed by atoms with Crippen molar-refractivity contribution < 1.29 is 19.5 Å². The van der Waals surface area contributed by atoms with Crippen molar-refractivity contribution >= 4 is 29.2 Å². The first kappa shape index (κ1) is 15.1. The molecule has 0 radical (unpaired) electrons. The number of aliphatic carboxylic acids is 1. The summed E-state index contributed by atoms with van der Waals surface area (Å²) in [6, 6.07) is -0.667. The molecule has 104 valence electrons. The Kier molecular flexibility index (Phi) is 4.99. The lowest BCUT2D eigenvalue weighted by Crippen LogP contribution is -2.41. The molecule has 0 unspecified atom stereocenters. The van der Waals surface area contributed by atoms with Crippen LogP contribution in [0.4, 0.5) is 4.79 Å². The average Bonchev–Trinajstić information content (AvgIpc) is 2.77. The van der Waals surface area contributed by atoms with Crippen molar-refractivity contribution in [3.05, 3.63) is 16.6 Å². The Bertz CT molecular complexity index is 470. The Labute approximate surface area is 114 Å². The molecule has 1 aromatic heterocycles. The number of aromatic nitrogens is 1. The molecule has 0 aromatic carbocycles. The Morgan fingerprint density at radius 1 is 1.42 bits per heavy atom. The number of hydrogen-bond acceptors (Lipinski definition) is 5. The second kappa shape index (κ2) is 6.28. The van der Waals surface area contributed by atoms with Gasteiger partial charge in [0.15, 0.2) is 0 Å². The number of rotatable bonds is 5. The van der Waals surface area contributed by atoms with E-state index in [4.69, 9.17) is 5.11 Å². The number of imide groups is 1. The topological polar surface area (TPSA) is 108 Å². The van der Waals surface area contributed by atoms with E-state index in [2.05, 4.69) is 15.6 Å². The third-order valence-corrected chi connectivity index (χ3v) is 2.98. The highest BCUT2D eigenvalue weighted by Gasteiger charge is 2.30. The molecule has 3 amide bonds. The van der Waals surface area contributed by atoms with E-state index in [0.717, 1.165) is 0 Å². The summed E-state index contributed by atoms with van der Waals surface area (Å²) in [5.41, 5.74) is 1.12. The maximum atomic E-state index is 11.5. The summed E-state index contributed by atoms with van der Waals surface area (Å²) >= 11 is 1.40. The van der Waals surface area contributed by atoms with Gasteiger partial charge in [0.2, 0.25) is 5.91 Å². The fourth-order valence-corrected chi connectivity index (χ4v) is 1.75. The van der Waals surface area contributed by atoms with Gasteiger partial charge in [-0.1, -0.05) is 0 Å². The van der Waals surface area contributed by atoms with Gasteiger partial charge in [-0.3, -0.25) is 14.9 Å². The van der Waals surface area contributed by atoms with Gasteiger partial charge in [0.1, 0.15) is 0 Å². The minimum atomic E-state index is -1.21. The minimum absolute atomic E-state index is 0.213. The van der Waals surface area contributed by atoms with Crippen molar-refractivity contribution in [2.75, 3.05) is 0 Å². The zero-order valence-corrected chi connectivity index (χ0v) is 11.4. The van der Waals surface area contributed by atoms with Crippen molar-refractivity contribution in [3.63, 3.8) is 0 Å². The molecule has 1 aromatic rings. The van der Waals surface area contributed by atoms with Gasteiger partial charge in [0.05, 0.1) is 23.2 Å². The number of amides is 3. The highest BCUT2D eigenvalue weighted by atomic mass is 32.1. The predicted octanol–water partition coefficient (Wildman–Crippen LogP) is 0.970. The lowest BCUT2D eigenvalue weighted by atomic mass is 9.89. The number of carbonyl (C=O) groups is 3. The fourth-order valence-electron chi connectivity index (χ4n) is 1.19. The Balaban J connectivity index is 2.36. The lowest BCUT2D eigenvalue weighted by Gasteiger charge is -2.17. The number of nitrogens with zero attached hydrogens (tertiary/aromatic N) is 1. The number of nitrogens with one attached hydrogen (secondary N) is 2. The van der Waals surface area contributed by atoms with E-state index < -0.39 is 23.3 Å². The van der Waals surface area contributed by atoms with E-state index >= 15 is 0 Å². The predicted molar refractivity (Wildman–Crippen MR) is 68.5 cm³/mol. The Morgan fingerprint density at radius 3 is 2.63 bits per heavy atom. The van der Waals surface area contributed by atoms with Gasteiger partial charge in [0.25, 0.3) is 0 Å². The molecule has 0 saturated heterocycles. The van der Waals surface area contributed by atoms with Gasteiger partial charge in [-0.2, -0.15) is 0 Å². The molecule has 0 aliphatic carbocycles. The van der Waals surface area contributed by atoms with Crippen LogP contribution in [0.1, 0.15) is 26.0 Å². The molecule has 7 nitrogen and oxygen atoms in total. The molecule has 0 spiro atoms. The Hall–Kier alpha value is -1.96. The van der Waals surface area contributed by atoms with Crippen LogP contribution in [0.3, 0.4) is 0 Å². The highest BCUT2D eigenvalue weighted by molar-refractivity contribution is 7.07. The molecule has 19 heavy (non-hydrogen) atoms. The van der Waals surface area contributed by atoms with Crippen molar-refractivity contribution in [1.29, 1.82) is 0 Å². The number of carboxylic acids is 1. The van der Waals surface area contributed by atoms with Crippen LogP contribution in [-0.4, -0.2) is 28.0 Å². The number of carbonyl (C=O) groups excluding carboxylic acids is 2. The quantitative estimate of drug-likeness (QED) is 0.747. The van der Waals surface area contributed by atoms with Gasteiger partial charge in [0, 0.05) is 11.8 Å². The summed E-state index contributed by atoms with van der Waals surface area (Å²) in [5, 5.41) is 15.2. The van der Waals surface area contributed by atoms with Gasteiger partial charge in [-0.15, -0.1) is 11.3 Å². The number of hydrogen-bond donors (Lipinski definition) is 3. The maximum Gasteiger partial charge on any atom is 0.321 e. The number of carboxylic acid groups (broad SMARTS) is 1. The first-order chi connectivity index (χ1) is 8.81. The molecular formula is C11H15N3O4S. The van der Waals surface area contributed by atoms with Crippen LogP contribution in [0, 0.1) is 5.41 Å². The summed E-state index contributed by atoms with van der Waals surface area (Å²) in [6.45, 7) is 3.05. The zero-order valence-electron chi connectivity index (χ0n) is 10.6. The minimum Gasteiger partial charge on any atom is -0.481 e. The van der Waals surface area contributed by atoms with Crippen LogP contribution < -0.4 is 10.6 Å². The van der Waals surface area contributed by atoms with Crippen molar-refractivity contribution in [1.82, 2.24) is 15.6 Å². The lowest BCUT2D eigenvalue weighted by molar-refractivity contribution is -0.149. The normalized spacial score (nSPS) is 10.8. The van der Waals surface area contributed by atoms with Crippen molar-refractivity contribution in [3.8, 4) is 0 Å². The van der Waals surface area contributed by atoms with Gasteiger partial charge in [-0.25, -0.2) is 9.78 Å². The molecule has 0 aliphatic rings. The fraction of sp³-hybridized carbons (Fsp3) is 0.455. The van der Waals surface area contributed by atoms with E-state index in [0.29, 0.717) is 5.69 Å². The van der Waals surface area contributed by atoms with Gasteiger partial charge >= 0.3 is 12.0 Å². The van der Waals surface area contributed by atoms with Crippen LogP contribution in [0.2, 0.25) is 0 Å². The SMILES string of the molecule is CC(C)(CC(=O)NC(=O)NCc1cscn1)C(=O)O. The van der Waals surface area contributed by atoms with E-state index in [1.807, 2.05) is 0 Å². The van der Waals surface area contributed by atoms with E-state index in [-0.39, 0.29) is 13.0 Å². The molecule has 0 saturated carbocycles. The molecule has 1 rings (SSSR count). The summed E-state index contributed by atoms with van der Waals surface area (Å²) in [6.07, 6.45) is -0.271. The average molecular weight is 285 g/mol. The van der Waals surface area contributed by atoms with E-state index in [1.165, 1.54) is 25.2 Å². The smallest absolute Gasteiger partial charge is 0.321 e. The van der Waals surface area contributed by atoms with Crippen molar-refractivity contribution in [2.24, 2.45) is 5.41 Å². The first-order valence-electron chi connectivity index (χ1n) is 5.49. The second-order valence-electron chi connectivity index (χ2n) is 4.58. The molecule has 0 aliphatic heterocycles.